The predicted molar refractivity (Wildman–Crippen MR) is 90.2 cm³/mol. The molecule has 26 heavy (non-hydrogen) atoms. The number of benzene rings is 2. The van der Waals surface area contributed by atoms with Crippen molar-refractivity contribution < 1.29 is 13.5 Å². The van der Waals surface area contributed by atoms with Crippen LogP contribution in [-0.4, -0.2) is 4.98 Å². The number of para-hydroxylation sites is 1. The minimum Gasteiger partial charge on any atom is -0.439 e. The van der Waals surface area contributed by atoms with Crippen LogP contribution in [-0.2, 0) is 0 Å². The summed E-state index contributed by atoms with van der Waals surface area (Å²) in [6, 6.07) is 11.7. The second kappa shape index (κ2) is 5.70. The van der Waals surface area contributed by atoms with E-state index in [-0.39, 0.29) is 28.3 Å². The fraction of sp³-hybridized carbons (Fsp3) is 0.0526. The molecule has 2 aromatic carbocycles. The highest BCUT2D eigenvalue weighted by atomic mass is 19.1. The van der Waals surface area contributed by atoms with Gasteiger partial charge in [-0.2, -0.15) is 5.26 Å². The van der Waals surface area contributed by atoms with Crippen molar-refractivity contribution in [2.75, 3.05) is 0 Å². The van der Waals surface area contributed by atoms with Crippen molar-refractivity contribution in [1.29, 1.82) is 5.26 Å². The molecule has 0 spiro atoms. The van der Waals surface area contributed by atoms with Gasteiger partial charge in [-0.3, -0.25) is 4.79 Å². The maximum Gasteiger partial charge on any atom is 0.256 e. The Bertz CT molecular complexity index is 1170. The summed E-state index contributed by atoms with van der Waals surface area (Å²) in [5.74, 6) is -2.70. The number of hydrogen-bond acceptors (Lipinski definition) is 4. The van der Waals surface area contributed by atoms with Crippen LogP contribution in [0.2, 0.25) is 0 Å². The van der Waals surface area contributed by atoms with Gasteiger partial charge in [-0.1, -0.05) is 12.1 Å². The Morgan fingerprint density at radius 2 is 1.85 bits per heavy atom. The summed E-state index contributed by atoms with van der Waals surface area (Å²) in [4.78, 5) is 15.4. The first-order valence-electron chi connectivity index (χ1n) is 7.68. The van der Waals surface area contributed by atoms with Gasteiger partial charge in [-0.25, -0.2) is 8.78 Å². The van der Waals surface area contributed by atoms with Crippen molar-refractivity contribution in [3.8, 4) is 11.8 Å². The molecule has 7 heteroatoms. The monoisotopic (exact) mass is 351 g/mol. The van der Waals surface area contributed by atoms with Crippen LogP contribution in [0.5, 0.6) is 5.75 Å². The molecule has 0 saturated carbocycles. The lowest BCUT2D eigenvalue weighted by atomic mass is 9.83. The summed E-state index contributed by atoms with van der Waals surface area (Å²) in [7, 11) is 0. The maximum atomic E-state index is 13.8. The Labute approximate surface area is 145 Å². The summed E-state index contributed by atoms with van der Waals surface area (Å²) >= 11 is 0. The van der Waals surface area contributed by atoms with Gasteiger partial charge in [0, 0.05) is 11.5 Å². The van der Waals surface area contributed by atoms with E-state index in [4.69, 9.17) is 10.5 Å². The average Bonchev–Trinajstić information content (AvgIpc) is 2.60. The van der Waals surface area contributed by atoms with E-state index in [9.17, 15) is 18.8 Å². The van der Waals surface area contributed by atoms with Crippen molar-refractivity contribution in [2.24, 2.45) is 5.73 Å². The zero-order valence-corrected chi connectivity index (χ0v) is 13.2. The van der Waals surface area contributed by atoms with Crippen LogP contribution in [0, 0.1) is 23.0 Å². The zero-order chi connectivity index (χ0) is 18.4. The van der Waals surface area contributed by atoms with E-state index < -0.39 is 23.1 Å². The summed E-state index contributed by atoms with van der Waals surface area (Å²) < 4.78 is 33.1. The fourth-order valence-electron chi connectivity index (χ4n) is 3.25. The van der Waals surface area contributed by atoms with Crippen LogP contribution < -0.4 is 16.0 Å². The molecule has 5 nitrogen and oxygen atoms in total. The topological polar surface area (TPSA) is 91.9 Å². The maximum absolute atomic E-state index is 13.8. The summed E-state index contributed by atoms with van der Waals surface area (Å²) in [6.07, 6.45) is 0. The van der Waals surface area contributed by atoms with Crippen molar-refractivity contribution in [2.45, 2.75) is 5.92 Å². The lowest BCUT2D eigenvalue weighted by Gasteiger charge is -2.26. The molecule has 1 atom stereocenters. The van der Waals surface area contributed by atoms with Gasteiger partial charge in [0.25, 0.3) is 5.56 Å². The molecule has 2 heterocycles. The number of halogens is 2. The molecule has 0 unspecified atom stereocenters. The molecule has 1 aromatic heterocycles. The van der Waals surface area contributed by atoms with Gasteiger partial charge in [-0.15, -0.1) is 0 Å². The van der Waals surface area contributed by atoms with Gasteiger partial charge in [0.1, 0.15) is 29.0 Å². The minimum atomic E-state index is -1.04. The number of nitrogens with two attached hydrogens (primary N) is 1. The van der Waals surface area contributed by atoms with E-state index in [1.165, 1.54) is 0 Å². The third-order valence-electron chi connectivity index (χ3n) is 4.30. The Morgan fingerprint density at radius 3 is 2.54 bits per heavy atom. The van der Waals surface area contributed by atoms with E-state index in [2.05, 4.69) is 4.98 Å². The normalized spacial score (nSPS) is 16.1. The number of fused-ring (bicyclic) bond motifs is 3. The van der Waals surface area contributed by atoms with Gasteiger partial charge in [-0.05, 0) is 29.8 Å². The predicted octanol–water partition coefficient (Wildman–Crippen LogP) is 3.02. The molecule has 3 aromatic rings. The fourth-order valence-corrected chi connectivity index (χ4v) is 3.25. The standard InChI is InChI=1S/C19H11F2N3O2/c20-10-5-9(6-11(21)7-10)15-13(8-22)18(23)26-17-12-3-1-2-4-14(12)24-19(25)16(15)17/h1-7,15H,23H2,(H,24,25)/t15-/m1/s1. The molecule has 1 aliphatic rings. The number of rotatable bonds is 1. The number of pyridine rings is 1. The van der Waals surface area contributed by atoms with Crippen LogP contribution in [0.1, 0.15) is 17.0 Å². The van der Waals surface area contributed by atoms with E-state index >= 15 is 0 Å². The molecule has 3 N–H and O–H groups in total. The van der Waals surface area contributed by atoms with Crippen LogP contribution in [0.15, 0.2) is 58.7 Å². The number of nitriles is 1. The minimum absolute atomic E-state index is 0.0803. The van der Waals surface area contributed by atoms with Crippen LogP contribution in [0.3, 0.4) is 0 Å². The first kappa shape index (κ1) is 15.8. The van der Waals surface area contributed by atoms with Gasteiger partial charge >= 0.3 is 0 Å². The van der Waals surface area contributed by atoms with Gasteiger partial charge in [0.2, 0.25) is 5.88 Å². The summed E-state index contributed by atoms with van der Waals surface area (Å²) in [5.41, 5.74) is 5.99. The van der Waals surface area contributed by atoms with E-state index in [0.29, 0.717) is 17.0 Å². The molecular formula is C19H11F2N3O2. The molecule has 4 rings (SSSR count). The molecule has 0 amide bonds. The smallest absolute Gasteiger partial charge is 0.256 e. The van der Waals surface area contributed by atoms with E-state index in [1.54, 1.807) is 24.3 Å². The van der Waals surface area contributed by atoms with Crippen LogP contribution >= 0.6 is 0 Å². The molecular weight excluding hydrogens is 340 g/mol. The van der Waals surface area contributed by atoms with Crippen molar-refractivity contribution in [3.63, 3.8) is 0 Å². The molecule has 0 radical (unpaired) electrons. The van der Waals surface area contributed by atoms with Crippen molar-refractivity contribution in [1.82, 2.24) is 4.98 Å². The Morgan fingerprint density at radius 1 is 1.15 bits per heavy atom. The number of aromatic nitrogens is 1. The Kier molecular flexibility index (Phi) is 3.48. The molecule has 128 valence electrons. The SMILES string of the molecule is N#CC1=C(N)Oc2c(c(=O)[nH]c3ccccc23)[C@@H]1c1cc(F)cc(F)c1. The Hall–Kier alpha value is -3.66. The second-order valence-corrected chi connectivity index (χ2v) is 5.87. The summed E-state index contributed by atoms with van der Waals surface area (Å²) in [6.45, 7) is 0. The number of allylic oxidation sites excluding steroid dienone is 1. The number of aromatic amines is 1. The molecule has 0 saturated heterocycles. The number of ether oxygens (including phenoxy) is 1. The third kappa shape index (κ3) is 2.31. The number of hydrogen-bond donors (Lipinski definition) is 2. The first-order valence-corrected chi connectivity index (χ1v) is 7.68. The molecule has 1 aliphatic heterocycles. The molecule has 0 fully saturated rings. The van der Waals surface area contributed by atoms with Gasteiger partial charge in [0.05, 0.1) is 17.0 Å². The molecule has 0 bridgehead atoms. The highest BCUT2D eigenvalue weighted by Gasteiger charge is 2.34. The highest BCUT2D eigenvalue weighted by molar-refractivity contribution is 5.87. The number of H-pyrrole nitrogens is 1. The third-order valence-corrected chi connectivity index (χ3v) is 4.30. The lowest BCUT2D eigenvalue weighted by molar-refractivity contribution is 0.396. The molecule has 0 aliphatic carbocycles. The van der Waals surface area contributed by atoms with Gasteiger partial charge < -0.3 is 15.5 Å². The average molecular weight is 351 g/mol. The Balaban J connectivity index is 2.10. The number of nitrogens with one attached hydrogen (secondary N) is 1. The zero-order valence-electron chi connectivity index (χ0n) is 13.2. The van der Waals surface area contributed by atoms with Gasteiger partial charge in [0.15, 0.2) is 0 Å². The number of nitrogens with zero attached hydrogens (tertiary/aromatic N) is 1. The van der Waals surface area contributed by atoms with Crippen LogP contribution in [0.25, 0.3) is 10.9 Å². The lowest BCUT2D eigenvalue weighted by Crippen LogP contribution is -2.28. The second-order valence-electron chi connectivity index (χ2n) is 5.87. The summed E-state index contributed by atoms with van der Waals surface area (Å²) in [5, 5.41) is 10.1. The van der Waals surface area contributed by atoms with Crippen LogP contribution in [0.4, 0.5) is 8.78 Å². The highest BCUT2D eigenvalue weighted by Crippen LogP contribution is 2.43. The van der Waals surface area contributed by atoms with Crippen molar-refractivity contribution >= 4 is 10.9 Å². The largest absolute Gasteiger partial charge is 0.439 e. The van der Waals surface area contributed by atoms with E-state index in [1.807, 2.05) is 6.07 Å². The first-order chi connectivity index (χ1) is 12.5. The quantitative estimate of drug-likeness (QED) is 0.705. The van der Waals surface area contributed by atoms with E-state index in [0.717, 1.165) is 12.1 Å². The van der Waals surface area contributed by atoms with Crippen molar-refractivity contribution in [3.05, 3.63) is 87.0 Å².